The third-order valence-corrected chi connectivity index (χ3v) is 4.25. The van der Waals surface area contributed by atoms with Crippen LogP contribution in [0.1, 0.15) is 30.3 Å². The molecule has 0 fully saturated rings. The molecule has 0 radical (unpaired) electrons. The predicted octanol–water partition coefficient (Wildman–Crippen LogP) is 2.57. The molecule has 0 unspecified atom stereocenters. The highest BCUT2D eigenvalue weighted by Gasteiger charge is 2.08. The van der Waals surface area contributed by atoms with Crippen LogP contribution < -0.4 is 10.9 Å². The van der Waals surface area contributed by atoms with Crippen molar-refractivity contribution in [1.82, 2.24) is 15.1 Å². The molecule has 0 saturated heterocycles. The molecule has 1 aromatic carbocycles. The van der Waals surface area contributed by atoms with Crippen LogP contribution in [0.25, 0.3) is 0 Å². The Morgan fingerprint density at radius 2 is 2.00 bits per heavy atom. The molecule has 1 N–H and O–H groups in total. The highest BCUT2D eigenvalue weighted by atomic mass is 32.2. The normalized spacial score (nSPS) is 10.5. The first kappa shape index (κ1) is 17.3. The van der Waals surface area contributed by atoms with Crippen LogP contribution in [0.2, 0.25) is 0 Å². The molecule has 0 spiro atoms. The van der Waals surface area contributed by atoms with Gasteiger partial charge in [-0.2, -0.15) is 5.10 Å². The van der Waals surface area contributed by atoms with Gasteiger partial charge in [0.05, 0.1) is 0 Å². The third-order valence-electron chi connectivity index (χ3n) is 3.15. The maximum absolute atomic E-state index is 12.0. The Hall–Kier alpha value is -2.08. The second-order valence-corrected chi connectivity index (χ2v) is 6.22. The first-order valence-electron chi connectivity index (χ1n) is 7.75. The Bertz CT molecular complexity index is 686. The van der Waals surface area contributed by atoms with Gasteiger partial charge >= 0.3 is 0 Å². The number of nitrogens with one attached hydrogen (secondary N) is 1. The van der Waals surface area contributed by atoms with Crippen molar-refractivity contribution in [3.05, 3.63) is 58.5 Å². The highest BCUT2D eigenvalue weighted by Crippen LogP contribution is 2.17. The number of carbonyl (C=O) groups is 1. The zero-order chi connectivity index (χ0) is 16.5. The third kappa shape index (κ3) is 5.56. The summed E-state index contributed by atoms with van der Waals surface area (Å²) >= 11 is 1.77. The molecule has 1 heterocycles. The molecule has 0 atom stereocenters. The number of aryl methyl sites for hydroxylation is 1. The number of nitrogens with zero attached hydrogens (tertiary/aromatic N) is 2. The van der Waals surface area contributed by atoms with Crippen molar-refractivity contribution in [3.63, 3.8) is 0 Å². The van der Waals surface area contributed by atoms with Crippen molar-refractivity contribution in [2.45, 2.75) is 31.2 Å². The molecule has 0 aliphatic carbocycles. The number of amides is 1. The summed E-state index contributed by atoms with van der Waals surface area (Å²) in [6.45, 7) is 3.08. The van der Waals surface area contributed by atoms with E-state index in [1.54, 1.807) is 11.8 Å². The van der Waals surface area contributed by atoms with Crippen molar-refractivity contribution in [2.24, 2.45) is 0 Å². The number of hydrogen-bond acceptors (Lipinski definition) is 4. The van der Waals surface area contributed by atoms with Crippen LogP contribution in [0.15, 0.2) is 52.2 Å². The van der Waals surface area contributed by atoms with Crippen LogP contribution in [0.3, 0.4) is 0 Å². The van der Waals surface area contributed by atoms with E-state index in [9.17, 15) is 9.59 Å². The molecule has 0 aliphatic rings. The minimum absolute atomic E-state index is 0.178. The fourth-order valence-electron chi connectivity index (χ4n) is 2.01. The maximum atomic E-state index is 12.0. The molecule has 0 aliphatic heterocycles. The molecule has 23 heavy (non-hydrogen) atoms. The van der Waals surface area contributed by atoms with E-state index in [1.807, 2.05) is 25.1 Å². The molecule has 2 rings (SSSR count). The van der Waals surface area contributed by atoms with Gasteiger partial charge in [0, 0.05) is 24.1 Å². The summed E-state index contributed by atoms with van der Waals surface area (Å²) in [6, 6.07) is 13.0. The SMILES string of the molecule is CCCn1nc(C(=O)NCCCSc2ccccc2)ccc1=O. The molecule has 122 valence electrons. The van der Waals surface area contributed by atoms with E-state index >= 15 is 0 Å². The van der Waals surface area contributed by atoms with Crippen LogP contribution in [-0.2, 0) is 6.54 Å². The number of hydrogen-bond donors (Lipinski definition) is 1. The molecular weight excluding hydrogens is 310 g/mol. The van der Waals surface area contributed by atoms with Crippen molar-refractivity contribution >= 4 is 17.7 Å². The zero-order valence-corrected chi connectivity index (χ0v) is 14.0. The molecule has 6 heteroatoms. The van der Waals surface area contributed by atoms with Gasteiger partial charge in [0.1, 0.15) is 5.69 Å². The van der Waals surface area contributed by atoms with Crippen LogP contribution in [0, 0.1) is 0 Å². The number of carbonyl (C=O) groups excluding carboxylic acids is 1. The fourth-order valence-corrected chi connectivity index (χ4v) is 2.89. The van der Waals surface area contributed by atoms with E-state index in [1.165, 1.54) is 21.7 Å². The Kier molecular flexibility index (Phi) is 6.87. The maximum Gasteiger partial charge on any atom is 0.271 e. The average Bonchev–Trinajstić information content (AvgIpc) is 2.57. The topological polar surface area (TPSA) is 64.0 Å². The van der Waals surface area contributed by atoms with Gasteiger partial charge in [0.2, 0.25) is 0 Å². The van der Waals surface area contributed by atoms with Gasteiger partial charge in [-0.1, -0.05) is 25.1 Å². The lowest BCUT2D eigenvalue weighted by atomic mass is 10.3. The van der Waals surface area contributed by atoms with Crippen LogP contribution in [0.5, 0.6) is 0 Å². The number of rotatable bonds is 8. The lowest BCUT2D eigenvalue weighted by molar-refractivity contribution is 0.0946. The van der Waals surface area contributed by atoms with Crippen LogP contribution in [-0.4, -0.2) is 28.0 Å². The van der Waals surface area contributed by atoms with Gasteiger partial charge in [-0.3, -0.25) is 9.59 Å². The van der Waals surface area contributed by atoms with E-state index in [2.05, 4.69) is 22.5 Å². The van der Waals surface area contributed by atoms with E-state index in [4.69, 9.17) is 0 Å². The quantitative estimate of drug-likeness (QED) is 0.596. The number of thioether (sulfide) groups is 1. The second-order valence-electron chi connectivity index (χ2n) is 5.05. The largest absolute Gasteiger partial charge is 0.351 e. The number of benzene rings is 1. The number of aromatic nitrogens is 2. The lowest BCUT2D eigenvalue weighted by Gasteiger charge is -2.07. The Morgan fingerprint density at radius 1 is 1.22 bits per heavy atom. The summed E-state index contributed by atoms with van der Waals surface area (Å²) in [4.78, 5) is 24.9. The summed E-state index contributed by atoms with van der Waals surface area (Å²) in [5.41, 5.74) is 0.108. The minimum atomic E-state index is -0.237. The fraction of sp³-hybridized carbons (Fsp3) is 0.353. The predicted molar refractivity (Wildman–Crippen MR) is 92.9 cm³/mol. The standard InChI is InChI=1S/C17H21N3O2S/c1-2-12-20-16(21)10-9-15(19-20)17(22)18-11-6-13-23-14-7-4-3-5-8-14/h3-5,7-10H,2,6,11-13H2,1H3,(H,18,22). The van der Waals surface area contributed by atoms with Gasteiger partial charge in [-0.05, 0) is 36.8 Å². The summed E-state index contributed by atoms with van der Waals surface area (Å²) < 4.78 is 1.33. The minimum Gasteiger partial charge on any atom is -0.351 e. The lowest BCUT2D eigenvalue weighted by Crippen LogP contribution is -2.30. The van der Waals surface area contributed by atoms with Crippen molar-refractivity contribution in [2.75, 3.05) is 12.3 Å². The van der Waals surface area contributed by atoms with Crippen molar-refractivity contribution in [3.8, 4) is 0 Å². The molecular formula is C17H21N3O2S. The Morgan fingerprint density at radius 3 is 2.74 bits per heavy atom. The summed E-state index contributed by atoms with van der Waals surface area (Å²) in [7, 11) is 0. The van der Waals surface area contributed by atoms with Crippen molar-refractivity contribution < 1.29 is 4.79 Å². The summed E-state index contributed by atoms with van der Waals surface area (Å²) in [6.07, 6.45) is 1.68. The molecule has 0 saturated carbocycles. The second kappa shape index (κ2) is 9.15. The van der Waals surface area contributed by atoms with Gasteiger partial charge in [0.15, 0.2) is 0 Å². The van der Waals surface area contributed by atoms with Crippen molar-refractivity contribution in [1.29, 1.82) is 0 Å². The average molecular weight is 331 g/mol. The highest BCUT2D eigenvalue weighted by molar-refractivity contribution is 7.99. The Balaban J connectivity index is 1.76. The van der Waals surface area contributed by atoms with Gasteiger partial charge < -0.3 is 5.32 Å². The molecule has 2 aromatic rings. The van der Waals surface area contributed by atoms with E-state index in [-0.39, 0.29) is 17.2 Å². The zero-order valence-electron chi connectivity index (χ0n) is 13.2. The molecule has 1 amide bonds. The smallest absolute Gasteiger partial charge is 0.271 e. The van der Waals surface area contributed by atoms with Crippen LogP contribution in [0.4, 0.5) is 0 Å². The molecule has 5 nitrogen and oxygen atoms in total. The summed E-state index contributed by atoms with van der Waals surface area (Å²) in [5.74, 6) is 0.701. The van der Waals surface area contributed by atoms with Crippen LogP contribution >= 0.6 is 11.8 Å². The monoisotopic (exact) mass is 331 g/mol. The summed E-state index contributed by atoms with van der Waals surface area (Å²) in [5, 5.41) is 6.94. The molecule has 0 bridgehead atoms. The van der Waals surface area contributed by atoms with E-state index < -0.39 is 0 Å². The van der Waals surface area contributed by atoms with Gasteiger partial charge in [-0.25, -0.2) is 4.68 Å². The van der Waals surface area contributed by atoms with E-state index in [0.717, 1.165) is 18.6 Å². The van der Waals surface area contributed by atoms with Gasteiger partial charge in [0.25, 0.3) is 11.5 Å². The van der Waals surface area contributed by atoms with E-state index in [0.29, 0.717) is 13.1 Å². The first-order chi connectivity index (χ1) is 11.2. The Labute approximate surface area is 140 Å². The molecule has 1 aromatic heterocycles. The van der Waals surface area contributed by atoms with Gasteiger partial charge in [-0.15, -0.1) is 11.8 Å². The first-order valence-corrected chi connectivity index (χ1v) is 8.73.